The number of amides is 2. The van der Waals surface area contributed by atoms with Gasteiger partial charge in [-0.2, -0.15) is 0 Å². The van der Waals surface area contributed by atoms with Crippen molar-refractivity contribution in [3.8, 4) is 22.8 Å². The third kappa shape index (κ3) is 5.16. The number of nitrogens with one attached hydrogen (secondary N) is 2. The first-order valence-corrected chi connectivity index (χ1v) is 11.0. The maximum absolute atomic E-state index is 12.6. The second-order valence-corrected chi connectivity index (χ2v) is 7.91. The van der Waals surface area contributed by atoms with Crippen LogP contribution in [0.5, 0.6) is 11.5 Å². The monoisotopic (exact) mass is 448 g/mol. The molecule has 0 atom stereocenters. The van der Waals surface area contributed by atoms with Gasteiger partial charge in [0.05, 0.1) is 7.11 Å². The molecule has 1 aliphatic rings. The fourth-order valence-corrected chi connectivity index (χ4v) is 3.99. The number of carbonyl (C=O) groups is 2. The molecule has 3 aromatic rings. The van der Waals surface area contributed by atoms with Crippen LogP contribution in [0.1, 0.15) is 35.1 Å². The molecule has 8 nitrogen and oxygen atoms in total. The molecule has 33 heavy (non-hydrogen) atoms. The number of hydrogen-bond donors (Lipinski definition) is 2. The summed E-state index contributed by atoms with van der Waals surface area (Å²) in [5, 5.41) is 2.68. The molecule has 2 heterocycles. The van der Waals surface area contributed by atoms with E-state index in [2.05, 4.69) is 10.3 Å². The number of hydrogen-bond acceptors (Lipinski definition) is 5. The summed E-state index contributed by atoms with van der Waals surface area (Å²) in [4.78, 5) is 34.9. The SMILES string of the molecule is CNC(=O)c1[nH]c(C2CCN(C(=O)COc3ccccc3)CC2)nc1-c1ccc(OC)cc1. The second kappa shape index (κ2) is 10.2. The number of aromatic amines is 1. The Bertz CT molecular complexity index is 1090. The molecule has 0 unspecified atom stereocenters. The summed E-state index contributed by atoms with van der Waals surface area (Å²) in [7, 11) is 3.21. The topological polar surface area (TPSA) is 96.6 Å². The number of rotatable bonds is 7. The Labute approximate surface area is 192 Å². The number of H-pyrrole nitrogens is 1. The highest BCUT2D eigenvalue weighted by Crippen LogP contribution is 2.31. The van der Waals surface area contributed by atoms with Gasteiger partial charge >= 0.3 is 0 Å². The highest BCUT2D eigenvalue weighted by molar-refractivity contribution is 5.98. The molecule has 2 N–H and O–H groups in total. The molecule has 0 bridgehead atoms. The van der Waals surface area contributed by atoms with Crippen LogP contribution in [-0.2, 0) is 4.79 Å². The standard InChI is InChI=1S/C25H28N4O4/c1-26-25(31)23-22(17-8-10-19(32-2)11-9-17)27-24(28-23)18-12-14-29(15-13-18)21(30)16-33-20-6-4-3-5-7-20/h3-11,18H,12-16H2,1-2H3,(H,26,31)(H,27,28). The molecular formula is C25H28N4O4. The summed E-state index contributed by atoms with van der Waals surface area (Å²) < 4.78 is 10.8. The van der Waals surface area contributed by atoms with E-state index in [1.54, 1.807) is 14.2 Å². The van der Waals surface area contributed by atoms with Gasteiger partial charge in [0.15, 0.2) is 6.61 Å². The lowest BCUT2D eigenvalue weighted by Crippen LogP contribution is -2.40. The predicted molar refractivity (Wildman–Crippen MR) is 124 cm³/mol. The minimum absolute atomic E-state index is 0.0257. The average Bonchev–Trinajstić information content (AvgIpc) is 3.33. The van der Waals surface area contributed by atoms with Gasteiger partial charge in [0.1, 0.15) is 28.7 Å². The number of likely N-dealkylation sites (tertiary alicyclic amines) is 1. The Morgan fingerprint density at radius 1 is 1.06 bits per heavy atom. The number of methoxy groups -OCH3 is 1. The zero-order valence-electron chi connectivity index (χ0n) is 18.8. The maximum atomic E-state index is 12.6. The minimum Gasteiger partial charge on any atom is -0.497 e. The van der Waals surface area contributed by atoms with E-state index in [1.165, 1.54) is 0 Å². The molecule has 0 spiro atoms. The van der Waals surface area contributed by atoms with Gasteiger partial charge in [-0.05, 0) is 49.2 Å². The van der Waals surface area contributed by atoms with Crippen molar-refractivity contribution in [2.75, 3.05) is 33.9 Å². The maximum Gasteiger partial charge on any atom is 0.269 e. The van der Waals surface area contributed by atoms with Crippen LogP contribution in [0.3, 0.4) is 0 Å². The lowest BCUT2D eigenvalue weighted by Gasteiger charge is -2.31. The van der Waals surface area contributed by atoms with Crippen LogP contribution >= 0.6 is 0 Å². The molecule has 1 saturated heterocycles. The van der Waals surface area contributed by atoms with Gasteiger partial charge in [-0.1, -0.05) is 18.2 Å². The van der Waals surface area contributed by atoms with E-state index in [1.807, 2.05) is 59.5 Å². The van der Waals surface area contributed by atoms with Gasteiger partial charge in [0, 0.05) is 31.6 Å². The predicted octanol–water partition coefficient (Wildman–Crippen LogP) is 3.23. The first-order chi connectivity index (χ1) is 16.1. The van der Waals surface area contributed by atoms with Gasteiger partial charge in [0.2, 0.25) is 0 Å². The summed E-state index contributed by atoms with van der Waals surface area (Å²) in [6.07, 6.45) is 1.53. The first kappa shape index (κ1) is 22.4. The Morgan fingerprint density at radius 3 is 2.39 bits per heavy atom. The number of ether oxygens (including phenoxy) is 2. The molecule has 2 aromatic carbocycles. The third-order valence-corrected chi connectivity index (χ3v) is 5.88. The Balaban J connectivity index is 1.42. The van der Waals surface area contributed by atoms with E-state index < -0.39 is 0 Å². The number of para-hydroxylation sites is 1. The quantitative estimate of drug-likeness (QED) is 0.579. The van der Waals surface area contributed by atoms with Crippen molar-refractivity contribution in [3.63, 3.8) is 0 Å². The van der Waals surface area contributed by atoms with Gasteiger partial charge in [-0.15, -0.1) is 0 Å². The first-order valence-electron chi connectivity index (χ1n) is 11.0. The van der Waals surface area contributed by atoms with Gasteiger partial charge in [-0.3, -0.25) is 9.59 Å². The Morgan fingerprint density at radius 2 is 1.76 bits per heavy atom. The zero-order valence-corrected chi connectivity index (χ0v) is 18.8. The normalized spacial score (nSPS) is 14.1. The number of nitrogens with zero attached hydrogens (tertiary/aromatic N) is 2. The van der Waals surface area contributed by atoms with Crippen molar-refractivity contribution in [2.45, 2.75) is 18.8 Å². The zero-order chi connectivity index (χ0) is 23.2. The van der Waals surface area contributed by atoms with E-state index in [-0.39, 0.29) is 24.3 Å². The van der Waals surface area contributed by atoms with E-state index in [4.69, 9.17) is 14.5 Å². The van der Waals surface area contributed by atoms with Crippen LogP contribution in [0.2, 0.25) is 0 Å². The lowest BCUT2D eigenvalue weighted by atomic mass is 9.96. The van der Waals surface area contributed by atoms with Gasteiger partial charge < -0.3 is 24.7 Å². The van der Waals surface area contributed by atoms with Crippen molar-refractivity contribution in [2.24, 2.45) is 0 Å². The molecule has 4 rings (SSSR count). The number of piperidine rings is 1. The number of imidazole rings is 1. The number of benzene rings is 2. The molecule has 8 heteroatoms. The van der Waals surface area contributed by atoms with Crippen LogP contribution in [0.4, 0.5) is 0 Å². The summed E-state index contributed by atoms with van der Waals surface area (Å²) in [5.41, 5.74) is 1.89. The van der Waals surface area contributed by atoms with Crippen molar-refractivity contribution >= 4 is 11.8 Å². The third-order valence-electron chi connectivity index (χ3n) is 5.88. The van der Waals surface area contributed by atoms with E-state index in [0.717, 1.165) is 30.0 Å². The largest absolute Gasteiger partial charge is 0.497 e. The highest BCUT2D eigenvalue weighted by Gasteiger charge is 2.28. The molecule has 1 fully saturated rings. The summed E-state index contributed by atoms with van der Waals surface area (Å²) in [6.45, 7) is 1.27. The molecular weight excluding hydrogens is 420 g/mol. The van der Waals surface area contributed by atoms with Crippen LogP contribution < -0.4 is 14.8 Å². The van der Waals surface area contributed by atoms with E-state index in [0.29, 0.717) is 30.2 Å². The molecule has 1 aliphatic heterocycles. The van der Waals surface area contributed by atoms with Crippen molar-refractivity contribution in [3.05, 3.63) is 66.1 Å². The van der Waals surface area contributed by atoms with E-state index in [9.17, 15) is 9.59 Å². The Hall–Kier alpha value is -3.81. The van der Waals surface area contributed by atoms with Gasteiger partial charge in [-0.25, -0.2) is 4.98 Å². The summed E-state index contributed by atoms with van der Waals surface area (Å²) >= 11 is 0. The average molecular weight is 449 g/mol. The second-order valence-electron chi connectivity index (χ2n) is 7.91. The van der Waals surface area contributed by atoms with Crippen molar-refractivity contribution < 1.29 is 19.1 Å². The van der Waals surface area contributed by atoms with Crippen molar-refractivity contribution in [1.82, 2.24) is 20.2 Å². The van der Waals surface area contributed by atoms with Crippen molar-refractivity contribution in [1.29, 1.82) is 0 Å². The van der Waals surface area contributed by atoms with E-state index >= 15 is 0 Å². The molecule has 0 saturated carbocycles. The molecule has 2 amide bonds. The lowest BCUT2D eigenvalue weighted by molar-refractivity contribution is -0.134. The fourth-order valence-electron chi connectivity index (χ4n) is 3.99. The van der Waals surface area contributed by atoms with Crippen LogP contribution in [-0.4, -0.2) is 60.5 Å². The minimum atomic E-state index is -0.217. The smallest absolute Gasteiger partial charge is 0.269 e. The van der Waals surface area contributed by atoms with Gasteiger partial charge in [0.25, 0.3) is 11.8 Å². The van der Waals surface area contributed by atoms with Crippen LogP contribution in [0.25, 0.3) is 11.3 Å². The van der Waals surface area contributed by atoms with Crippen LogP contribution in [0.15, 0.2) is 54.6 Å². The van der Waals surface area contributed by atoms with Crippen LogP contribution in [0, 0.1) is 0 Å². The molecule has 1 aromatic heterocycles. The number of carbonyl (C=O) groups excluding carboxylic acids is 2. The number of aromatic nitrogens is 2. The highest BCUT2D eigenvalue weighted by atomic mass is 16.5. The Kier molecular flexibility index (Phi) is 6.92. The summed E-state index contributed by atoms with van der Waals surface area (Å²) in [5.74, 6) is 2.09. The summed E-state index contributed by atoms with van der Waals surface area (Å²) in [6, 6.07) is 16.8. The molecule has 172 valence electrons. The molecule has 0 aliphatic carbocycles. The molecule has 0 radical (unpaired) electrons. The fraction of sp³-hybridized carbons (Fsp3) is 0.320.